The second-order valence-corrected chi connectivity index (χ2v) is 6.82. The normalized spacial score (nSPS) is 11.1. The van der Waals surface area contributed by atoms with Crippen LogP contribution < -0.4 is 15.4 Å². The fourth-order valence-corrected chi connectivity index (χ4v) is 2.87. The first-order valence-electron chi connectivity index (χ1n) is 9.52. The molecule has 0 saturated carbocycles. The smallest absolute Gasteiger partial charge is 0.268 e. The fraction of sp³-hybridized carbons (Fsp3) is 0.167. The molecule has 3 aromatic rings. The number of carbonyl (C=O) groups is 2. The Balaban J connectivity index is 1.79. The van der Waals surface area contributed by atoms with Gasteiger partial charge in [-0.2, -0.15) is 0 Å². The second kappa shape index (κ2) is 9.60. The summed E-state index contributed by atoms with van der Waals surface area (Å²) in [5, 5.41) is 5.52. The number of rotatable bonds is 7. The van der Waals surface area contributed by atoms with Gasteiger partial charge in [-0.25, -0.2) is 0 Å². The largest absolute Gasteiger partial charge is 0.496 e. The van der Waals surface area contributed by atoms with Gasteiger partial charge >= 0.3 is 0 Å². The van der Waals surface area contributed by atoms with Crippen molar-refractivity contribution in [2.75, 3.05) is 7.11 Å². The van der Waals surface area contributed by atoms with Crippen LogP contribution in [-0.2, 0) is 11.3 Å². The molecule has 0 bridgehead atoms. The zero-order valence-electron chi connectivity index (χ0n) is 17.2. The van der Waals surface area contributed by atoms with Crippen LogP contribution in [0.4, 0.5) is 0 Å². The van der Waals surface area contributed by atoms with Crippen molar-refractivity contribution in [3.63, 3.8) is 0 Å². The molecule has 0 aliphatic rings. The summed E-state index contributed by atoms with van der Waals surface area (Å²) < 4.78 is 10.6. The molecule has 2 amide bonds. The van der Waals surface area contributed by atoms with Gasteiger partial charge in [0.2, 0.25) is 0 Å². The van der Waals surface area contributed by atoms with E-state index in [0.29, 0.717) is 17.1 Å². The summed E-state index contributed by atoms with van der Waals surface area (Å²) in [4.78, 5) is 25.6. The maximum absolute atomic E-state index is 12.9. The van der Waals surface area contributed by atoms with Crippen molar-refractivity contribution in [2.24, 2.45) is 0 Å². The van der Waals surface area contributed by atoms with E-state index in [-0.39, 0.29) is 18.1 Å². The molecule has 0 aliphatic heterocycles. The first-order valence-corrected chi connectivity index (χ1v) is 9.52. The van der Waals surface area contributed by atoms with E-state index in [1.165, 1.54) is 12.3 Å². The molecule has 0 saturated heterocycles. The number of nitrogens with one attached hydrogen (secondary N) is 2. The summed E-state index contributed by atoms with van der Waals surface area (Å²) in [6, 6.07) is 16.2. The Labute approximate surface area is 175 Å². The maximum Gasteiger partial charge on any atom is 0.268 e. The van der Waals surface area contributed by atoms with Crippen LogP contribution in [-0.4, -0.2) is 18.9 Å². The van der Waals surface area contributed by atoms with E-state index in [9.17, 15) is 9.59 Å². The van der Waals surface area contributed by atoms with Crippen LogP contribution in [0, 0.1) is 13.8 Å². The lowest BCUT2D eigenvalue weighted by Crippen LogP contribution is -2.34. The van der Waals surface area contributed by atoms with E-state index in [1.54, 1.807) is 31.4 Å². The SMILES string of the molecule is COc1ccccc1CNC(=O)/C(=C/c1ccco1)NC(=O)c1ccc(C)c(C)c1. The Hall–Kier alpha value is -3.80. The number of carbonyl (C=O) groups excluding carboxylic acids is 2. The minimum absolute atomic E-state index is 0.0862. The molecule has 0 unspecified atom stereocenters. The quantitative estimate of drug-likeness (QED) is 0.584. The van der Waals surface area contributed by atoms with Crippen LogP contribution in [0.15, 0.2) is 71.0 Å². The summed E-state index contributed by atoms with van der Waals surface area (Å²) in [6.07, 6.45) is 3.00. The standard InChI is InChI=1S/C24H24N2O4/c1-16-10-11-18(13-17(16)2)23(27)26-21(14-20-8-6-12-30-20)24(28)25-15-19-7-4-5-9-22(19)29-3/h4-14H,15H2,1-3H3,(H,25,28)(H,26,27)/b21-14-. The van der Waals surface area contributed by atoms with Crippen molar-refractivity contribution < 1.29 is 18.7 Å². The highest BCUT2D eigenvalue weighted by atomic mass is 16.5. The summed E-state index contributed by atoms with van der Waals surface area (Å²) in [5.41, 5.74) is 3.47. The second-order valence-electron chi connectivity index (χ2n) is 6.82. The molecule has 1 heterocycles. The highest BCUT2D eigenvalue weighted by molar-refractivity contribution is 6.05. The van der Waals surface area contributed by atoms with Crippen molar-refractivity contribution in [2.45, 2.75) is 20.4 Å². The predicted molar refractivity (Wildman–Crippen MR) is 115 cm³/mol. The Kier molecular flexibility index (Phi) is 6.70. The number of ether oxygens (including phenoxy) is 1. The van der Waals surface area contributed by atoms with E-state index in [2.05, 4.69) is 10.6 Å². The number of aryl methyl sites for hydroxylation is 2. The zero-order chi connectivity index (χ0) is 21.5. The molecule has 0 atom stereocenters. The van der Waals surface area contributed by atoms with Crippen molar-refractivity contribution in [1.82, 2.24) is 10.6 Å². The molecule has 0 spiro atoms. The summed E-state index contributed by atoms with van der Waals surface area (Å²) in [6.45, 7) is 4.16. The molecular weight excluding hydrogens is 380 g/mol. The number of hydrogen-bond donors (Lipinski definition) is 2. The highest BCUT2D eigenvalue weighted by Gasteiger charge is 2.16. The van der Waals surface area contributed by atoms with Crippen LogP contribution in [0.3, 0.4) is 0 Å². The van der Waals surface area contributed by atoms with E-state index in [4.69, 9.17) is 9.15 Å². The molecular formula is C24H24N2O4. The van der Waals surface area contributed by atoms with E-state index in [0.717, 1.165) is 16.7 Å². The number of furan rings is 1. The summed E-state index contributed by atoms with van der Waals surface area (Å²) in [7, 11) is 1.58. The number of para-hydroxylation sites is 1. The van der Waals surface area contributed by atoms with Gasteiger partial charge in [-0.15, -0.1) is 0 Å². The lowest BCUT2D eigenvalue weighted by Gasteiger charge is -2.13. The van der Waals surface area contributed by atoms with Crippen LogP contribution >= 0.6 is 0 Å². The number of amides is 2. The zero-order valence-corrected chi connectivity index (χ0v) is 17.2. The van der Waals surface area contributed by atoms with Gasteiger partial charge in [0.05, 0.1) is 13.4 Å². The van der Waals surface area contributed by atoms with Gasteiger partial charge in [0, 0.05) is 23.7 Å². The molecule has 3 rings (SSSR count). The summed E-state index contributed by atoms with van der Waals surface area (Å²) >= 11 is 0. The minimum atomic E-state index is -0.436. The van der Waals surface area contributed by atoms with Crippen LogP contribution in [0.5, 0.6) is 5.75 Å². The Bertz CT molecular complexity index is 1070. The summed E-state index contributed by atoms with van der Waals surface area (Å²) in [5.74, 6) is 0.323. The molecule has 0 radical (unpaired) electrons. The molecule has 30 heavy (non-hydrogen) atoms. The van der Waals surface area contributed by atoms with Crippen LogP contribution in [0.25, 0.3) is 6.08 Å². The first kappa shape index (κ1) is 20.9. The molecule has 0 aliphatic carbocycles. The maximum atomic E-state index is 12.9. The van der Waals surface area contributed by atoms with E-state index in [1.807, 2.05) is 44.2 Å². The van der Waals surface area contributed by atoms with Gasteiger partial charge in [0.25, 0.3) is 11.8 Å². The topological polar surface area (TPSA) is 80.6 Å². The van der Waals surface area contributed by atoms with Crippen LogP contribution in [0.1, 0.15) is 32.8 Å². The number of hydrogen-bond acceptors (Lipinski definition) is 4. The number of benzene rings is 2. The molecule has 6 nitrogen and oxygen atoms in total. The van der Waals surface area contributed by atoms with Crippen molar-refractivity contribution in [3.05, 3.63) is 94.6 Å². The number of methoxy groups -OCH3 is 1. The molecule has 2 N–H and O–H groups in total. The molecule has 1 aromatic heterocycles. The van der Waals surface area contributed by atoms with Crippen molar-refractivity contribution in [1.29, 1.82) is 0 Å². The average Bonchev–Trinajstić information content (AvgIpc) is 3.26. The first-order chi connectivity index (χ1) is 14.5. The van der Waals surface area contributed by atoms with Gasteiger partial charge < -0.3 is 19.8 Å². The van der Waals surface area contributed by atoms with Gasteiger partial charge in [0.1, 0.15) is 17.2 Å². The van der Waals surface area contributed by atoms with Gasteiger partial charge in [-0.1, -0.05) is 24.3 Å². The van der Waals surface area contributed by atoms with Crippen molar-refractivity contribution >= 4 is 17.9 Å². The lowest BCUT2D eigenvalue weighted by molar-refractivity contribution is -0.117. The van der Waals surface area contributed by atoms with Crippen molar-refractivity contribution in [3.8, 4) is 5.75 Å². The lowest BCUT2D eigenvalue weighted by atomic mass is 10.1. The van der Waals surface area contributed by atoms with E-state index >= 15 is 0 Å². The molecule has 6 heteroatoms. The Morgan fingerprint density at radius 3 is 2.53 bits per heavy atom. The molecule has 2 aromatic carbocycles. The molecule has 154 valence electrons. The van der Waals surface area contributed by atoms with E-state index < -0.39 is 5.91 Å². The third kappa shape index (κ3) is 5.17. The fourth-order valence-electron chi connectivity index (χ4n) is 2.87. The Morgan fingerprint density at radius 2 is 1.83 bits per heavy atom. The Morgan fingerprint density at radius 1 is 1.03 bits per heavy atom. The van der Waals surface area contributed by atoms with Crippen LogP contribution in [0.2, 0.25) is 0 Å². The monoisotopic (exact) mass is 404 g/mol. The predicted octanol–water partition coefficient (Wildman–Crippen LogP) is 3.99. The highest BCUT2D eigenvalue weighted by Crippen LogP contribution is 2.17. The van der Waals surface area contributed by atoms with Gasteiger partial charge in [-0.05, 0) is 55.3 Å². The average molecular weight is 404 g/mol. The van der Waals surface area contributed by atoms with Gasteiger partial charge in [0.15, 0.2) is 0 Å². The van der Waals surface area contributed by atoms with Gasteiger partial charge in [-0.3, -0.25) is 9.59 Å². The minimum Gasteiger partial charge on any atom is -0.496 e. The third-order valence-corrected chi connectivity index (χ3v) is 4.72. The third-order valence-electron chi connectivity index (χ3n) is 4.72. The molecule has 0 fully saturated rings.